The predicted octanol–water partition coefficient (Wildman–Crippen LogP) is 3.18. The Labute approximate surface area is 174 Å². The van der Waals surface area contributed by atoms with Gasteiger partial charge in [-0.25, -0.2) is 14.8 Å². The molecular formula is C21H24N6OS. The summed E-state index contributed by atoms with van der Waals surface area (Å²) in [6.07, 6.45) is 1.50. The van der Waals surface area contributed by atoms with Gasteiger partial charge in [0.05, 0.1) is 6.54 Å². The molecule has 0 spiro atoms. The zero-order valence-electron chi connectivity index (χ0n) is 16.1. The monoisotopic (exact) mass is 408 g/mol. The summed E-state index contributed by atoms with van der Waals surface area (Å²) in [5.41, 5.74) is 1.34. The maximum absolute atomic E-state index is 12.1. The molecule has 0 atom stereocenters. The topological polar surface area (TPSA) is 73.4 Å². The number of aromatic nitrogens is 2. The standard InChI is InChI=1S/C21H24N6OS/c28-21(22-14-18-7-4-12-29-18)25-19-13-20(24-16-23-19)27-10-8-26(9-11-27)15-17-5-2-1-3-6-17/h1-7,12-13,16H,8-11,14-15H2,(H2,22,23,24,25,28). The number of urea groups is 1. The van der Waals surface area contributed by atoms with E-state index in [-0.39, 0.29) is 6.03 Å². The van der Waals surface area contributed by atoms with Crippen LogP contribution in [0.4, 0.5) is 16.4 Å². The lowest BCUT2D eigenvalue weighted by molar-refractivity contribution is 0.249. The molecule has 3 heterocycles. The molecule has 1 fully saturated rings. The van der Waals surface area contributed by atoms with Crippen LogP contribution >= 0.6 is 11.3 Å². The van der Waals surface area contributed by atoms with Crippen molar-refractivity contribution in [1.29, 1.82) is 0 Å². The molecule has 0 aliphatic carbocycles. The molecule has 1 aliphatic heterocycles. The lowest BCUT2D eigenvalue weighted by Crippen LogP contribution is -2.46. The number of hydrogen-bond donors (Lipinski definition) is 2. The summed E-state index contributed by atoms with van der Waals surface area (Å²) in [6, 6.07) is 16.1. The molecule has 1 aromatic carbocycles. The van der Waals surface area contributed by atoms with Gasteiger partial charge in [0.15, 0.2) is 0 Å². The number of rotatable bonds is 6. The average molecular weight is 409 g/mol. The number of nitrogens with one attached hydrogen (secondary N) is 2. The van der Waals surface area contributed by atoms with Crippen molar-refractivity contribution >= 4 is 29.0 Å². The molecule has 2 amide bonds. The number of nitrogens with zero attached hydrogens (tertiary/aromatic N) is 4. The first-order valence-corrected chi connectivity index (χ1v) is 10.5. The number of benzene rings is 1. The highest BCUT2D eigenvalue weighted by Crippen LogP contribution is 2.17. The summed E-state index contributed by atoms with van der Waals surface area (Å²) in [6.45, 7) is 5.22. The molecule has 4 rings (SSSR count). The molecule has 0 unspecified atom stereocenters. The van der Waals surface area contributed by atoms with E-state index in [2.05, 4.69) is 54.7 Å². The Kier molecular flexibility index (Phi) is 6.33. The van der Waals surface area contributed by atoms with E-state index in [0.29, 0.717) is 12.4 Å². The lowest BCUT2D eigenvalue weighted by atomic mass is 10.2. The highest BCUT2D eigenvalue weighted by atomic mass is 32.1. The van der Waals surface area contributed by atoms with Gasteiger partial charge in [0, 0.05) is 43.7 Å². The number of piperazine rings is 1. The van der Waals surface area contributed by atoms with E-state index < -0.39 is 0 Å². The highest BCUT2D eigenvalue weighted by molar-refractivity contribution is 7.09. The van der Waals surface area contributed by atoms with E-state index in [9.17, 15) is 4.79 Å². The Bertz CT molecular complexity index is 910. The van der Waals surface area contributed by atoms with Crippen LogP contribution in [-0.4, -0.2) is 47.1 Å². The van der Waals surface area contributed by atoms with E-state index >= 15 is 0 Å². The third kappa shape index (κ3) is 5.52. The van der Waals surface area contributed by atoms with Crippen molar-refractivity contribution in [2.24, 2.45) is 0 Å². The minimum absolute atomic E-state index is 0.268. The quantitative estimate of drug-likeness (QED) is 0.655. The predicted molar refractivity (Wildman–Crippen MR) is 116 cm³/mol. The van der Waals surface area contributed by atoms with Crippen LogP contribution in [0.25, 0.3) is 0 Å². The summed E-state index contributed by atoms with van der Waals surface area (Å²) >= 11 is 1.61. The SMILES string of the molecule is O=C(NCc1cccs1)Nc1cc(N2CCN(Cc3ccccc3)CC2)ncn1. The van der Waals surface area contributed by atoms with Crippen LogP contribution in [-0.2, 0) is 13.1 Å². The molecule has 3 aromatic rings. The van der Waals surface area contributed by atoms with Crippen molar-refractivity contribution in [3.8, 4) is 0 Å². The largest absolute Gasteiger partial charge is 0.354 e. The maximum atomic E-state index is 12.1. The van der Waals surface area contributed by atoms with Gasteiger partial charge in [-0.15, -0.1) is 11.3 Å². The maximum Gasteiger partial charge on any atom is 0.320 e. The summed E-state index contributed by atoms with van der Waals surface area (Å²) in [5, 5.41) is 7.62. The van der Waals surface area contributed by atoms with Crippen LogP contribution < -0.4 is 15.5 Å². The van der Waals surface area contributed by atoms with Crippen LogP contribution in [0.3, 0.4) is 0 Å². The molecule has 29 heavy (non-hydrogen) atoms. The van der Waals surface area contributed by atoms with E-state index in [1.807, 2.05) is 29.6 Å². The summed E-state index contributed by atoms with van der Waals surface area (Å²) in [5.74, 6) is 1.35. The van der Waals surface area contributed by atoms with Crippen molar-refractivity contribution in [2.45, 2.75) is 13.1 Å². The number of thiophene rings is 1. The molecule has 0 radical (unpaired) electrons. The van der Waals surface area contributed by atoms with Crippen molar-refractivity contribution < 1.29 is 4.79 Å². The van der Waals surface area contributed by atoms with E-state index in [1.165, 1.54) is 11.9 Å². The van der Waals surface area contributed by atoms with Gasteiger partial charge in [0.25, 0.3) is 0 Å². The van der Waals surface area contributed by atoms with Crippen LogP contribution in [0.1, 0.15) is 10.4 Å². The Morgan fingerprint density at radius 2 is 1.86 bits per heavy atom. The Balaban J connectivity index is 1.28. The van der Waals surface area contributed by atoms with Crippen molar-refractivity contribution in [2.75, 3.05) is 36.4 Å². The third-order valence-electron chi connectivity index (χ3n) is 4.84. The van der Waals surface area contributed by atoms with Crippen molar-refractivity contribution in [3.63, 3.8) is 0 Å². The molecule has 7 nitrogen and oxygen atoms in total. The molecule has 2 aromatic heterocycles. The number of amides is 2. The highest BCUT2D eigenvalue weighted by Gasteiger charge is 2.18. The van der Waals surface area contributed by atoms with E-state index in [4.69, 9.17) is 0 Å². The fraction of sp³-hybridized carbons (Fsp3) is 0.286. The van der Waals surface area contributed by atoms with Crippen molar-refractivity contribution in [1.82, 2.24) is 20.2 Å². The van der Waals surface area contributed by atoms with Crippen LogP contribution in [0.2, 0.25) is 0 Å². The van der Waals surface area contributed by atoms with Gasteiger partial charge in [0.1, 0.15) is 18.0 Å². The van der Waals surface area contributed by atoms with Gasteiger partial charge in [0.2, 0.25) is 0 Å². The van der Waals surface area contributed by atoms with Gasteiger partial charge in [-0.05, 0) is 17.0 Å². The second-order valence-corrected chi connectivity index (χ2v) is 7.93. The second kappa shape index (κ2) is 9.49. The first-order chi connectivity index (χ1) is 14.3. The number of hydrogen-bond acceptors (Lipinski definition) is 6. The Morgan fingerprint density at radius 1 is 1.03 bits per heavy atom. The van der Waals surface area contributed by atoms with Gasteiger partial charge in [-0.1, -0.05) is 36.4 Å². The van der Waals surface area contributed by atoms with Gasteiger partial charge < -0.3 is 10.2 Å². The van der Waals surface area contributed by atoms with Crippen molar-refractivity contribution in [3.05, 3.63) is 70.7 Å². The Morgan fingerprint density at radius 3 is 2.62 bits per heavy atom. The molecule has 2 N–H and O–H groups in total. The average Bonchev–Trinajstić information content (AvgIpc) is 3.28. The fourth-order valence-electron chi connectivity index (χ4n) is 3.31. The third-order valence-corrected chi connectivity index (χ3v) is 5.72. The molecule has 0 bridgehead atoms. The van der Waals surface area contributed by atoms with Gasteiger partial charge in [-0.3, -0.25) is 10.2 Å². The van der Waals surface area contributed by atoms with E-state index in [1.54, 1.807) is 11.3 Å². The number of carbonyl (C=O) groups is 1. The van der Waals surface area contributed by atoms with Crippen LogP contribution in [0, 0.1) is 0 Å². The molecule has 1 saturated heterocycles. The van der Waals surface area contributed by atoms with Gasteiger partial charge in [-0.2, -0.15) is 0 Å². The molecular weight excluding hydrogens is 384 g/mol. The number of carbonyl (C=O) groups excluding carboxylic acids is 1. The zero-order chi connectivity index (χ0) is 19.9. The fourth-order valence-corrected chi connectivity index (χ4v) is 3.95. The Hall–Kier alpha value is -2.97. The summed E-state index contributed by atoms with van der Waals surface area (Å²) < 4.78 is 0. The zero-order valence-corrected chi connectivity index (χ0v) is 16.9. The molecule has 8 heteroatoms. The molecule has 0 saturated carbocycles. The lowest BCUT2D eigenvalue weighted by Gasteiger charge is -2.35. The molecule has 150 valence electrons. The summed E-state index contributed by atoms with van der Waals surface area (Å²) in [4.78, 5) is 26.5. The first-order valence-electron chi connectivity index (χ1n) is 9.67. The minimum Gasteiger partial charge on any atom is -0.354 e. The van der Waals surface area contributed by atoms with Gasteiger partial charge >= 0.3 is 6.03 Å². The number of anilines is 2. The normalized spacial score (nSPS) is 14.6. The van der Waals surface area contributed by atoms with Crippen LogP contribution in [0.5, 0.6) is 0 Å². The van der Waals surface area contributed by atoms with E-state index in [0.717, 1.165) is 43.4 Å². The smallest absolute Gasteiger partial charge is 0.320 e. The first kappa shape index (κ1) is 19.4. The summed E-state index contributed by atoms with van der Waals surface area (Å²) in [7, 11) is 0. The van der Waals surface area contributed by atoms with Crippen LogP contribution in [0.15, 0.2) is 60.2 Å². The minimum atomic E-state index is -0.268. The molecule has 1 aliphatic rings. The second-order valence-electron chi connectivity index (χ2n) is 6.90.